The molecule has 24 heavy (non-hydrogen) atoms. The van der Waals surface area contributed by atoms with E-state index in [-0.39, 0.29) is 23.4 Å². The molecule has 0 spiro atoms. The maximum absolute atomic E-state index is 12.4. The average molecular weight is 365 g/mol. The third-order valence-corrected chi connectivity index (χ3v) is 4.44. The zero-order valence-electron chi connectivity index (χ0n) is 13.7. The lowest BCUT2D eigenvalue weighted by atomic mass is 10.1. The standard InChI is InChI=1S/C18H18Cl2N2O2/c1-11-6-4-7-12(2)18(11)22(13(3)23)10-16(24)21-15-9-5-8-14(19)17(15)20/h4-9H,10H2,1-3H3,(H,21,24). The molecule has 2 rings (SSSR count). The minimum Gasteiger partial charge on any atom is -0.323 e. The second kappa shape index (κ2) is 7.69. The molecule has 4 nitrogen and oxygen atoms in total. The van der Waals surface area contributed by atoms with E-state index in [0.717, 1.165) is 16.8 Å². The van der Waals surface area contributed by atoms with E-state index in [4.69, 9.17) is 23.2 Å². The van der Waals surface area contributed by atoms with Crippen molar-refractivity contribution in [3.05, 3.63) is 57.6 Å². The molecule has 0 saturated carbocycles. The molecule has 0 fully saturated rings. The summed E-state index contributed by atoms with van der Waals surface area (Å²) in [6.45, 7) is 5.14. The molecule has 0 saturated heterocycles. The van der Waals surface area contributed by atoms with E-state index in [1.54, 1.807) is 18.2 Å². The summed E-state index contributed by atoms with van der Waals surface area (Å²) >= 11 is 12.0. The molecule has 0 atom stereocenters. The number of nitrogens with one attached hydrogen (secondary N) is 1. The van der Waals surface area contributed by atoms with Crippen molar-refractivity contribution in [3.8, 4) is 0 Å². The first-order chi connectivity index (χ1) is 11.3. The maximum Gasteiger partial charge on any atom is 0.244 e. The fraction of sp³-hybridized carbons (Fsp3) is 0.222. The van der Waals surface area contributed by atoms with Crippen LogP contribution in [0.3, 0.4) is 0 Å². The molecule has 0 heterocycles. The van der Waals surface area contributed by atoms with Crippen LogP contribution in [0.5, 0.6) is 0 Å². The van der Waals surface area contributed by atoms with Gasteiger partial charge in [0.2, 0.25) is 11.8 Å². The van der Waals surface area contributed by atoms with E-state index in [1.165, 1.54) is 11.8 Å². The Morgan fingerprint density at radius 3 is 2.21 bits per heavy atom. The highest BCUT2D eigenvalue weighted by Gasteiger charge is 2.20. The van der Waals surface area contributed by atoms with Crippen LogP contribution in [0.1, 0.15) is 18.1 Å². The van der Waals surface area contributed by atoms with Gasteiger partial charge in [0.15, 0.2) is 0 Å². The van der Waals surface area contributed by atoms with Crippen molar-refractivity contribution >= 4 is 46.4 Å². The Morgan fingerprint density at radius 1 is 1.04 bits per heavy atom. The summed E-state index contributed by atoms with van der Waals surface area (Å²) in [5, 5.41) is 3.32. The minimum absolute atomic E-state index is 0.107. The summed E-state index contributed by atoms with van der Waals surface area (Å²) in [6, 6.07) is 10.7. The number of hydrogen-bond donors (Lipinski definition) is 1. The molecule has 1 N–H and O–H groups in total. The number of rotatable bonds is 4. The first-order valence-corrected chi connectivity index (χ1v) is 8.15. The predicted octanol–water partition coefficient (Wildman–Crippen LogP) is 4.60. The quantitative estimate of drug-likeness (QED) is 0.861. The van der Waals surface area contributed by atoms with E-state index in [9.17, 15) is 9.59 Å². The molecule has 126 valence electrons. The van der Waals surface area contributed by atoms with Crippen LogP contribution in [0.25, 0.3) is 0 Å². The van der Waals surface area contributed by atoms with E-state index in [1.807, 2.05) is 32.0 Å². The first-order valence-electron chi connectivity index (χ1n) is 7.39. The normalized spacial score (nSPS) is 10.4. The van der Waals surface area contributed by atoms with Gasteiger partial charge in [-0.3, -0.25) is 9.59 Å². The van der Waals surface area contributed by atoms with Crippen molar-refractivity contribution in [2.24, 2.45) is 0 Å². The summed E-state index contributed by atoms with van der Waals surface area (Å²) in [4.78, 5) is 25.9. The number of anilines is 2. The lowest BCUT2D eigenvalue weighted by Gasteiger charge is -2.24. The lowest BCUT2D eigenvalue weighted by molar-refractivity contribution is -0.120. The fourth-order valence-corrected chi connectivity index (χ4v) is 2.86. The van der Waals surface area contributed by atoms with Crippen molar-refractivity contribution < 1.29 is 9.59 Å². The smallest absolute Gasteiger partial charge is 0.244 e. The molecular weight excluding hydrogens is 347 g/mol. The van der Waals surface area contributed by atoms with Gasteiger partial charge in [-0.05, 0) is 37.1 Å². The Bertz CT molecular complexity index is 770. The minimum atomic E-state index is -0.350. The molecule has 2 aromatic carbocycles. The number of carbonyl (C=O) groups is 2. The monoisotopic (exact) mass is 364 g/mol. The Kier molecular flexibility index (Phi) is 5.86. The Hall–Kier alpha value is -2.04. The number of para-hydroxylation sites is 1. The molecule has 0 aliphatic rings. The van der Waals surface area contributed by atoms with E-state index >= 15 is 0 Å². The predicted molar refractivity (Wildman–Crippen MR) is 99.0 cm³/mol. The molecule has 2 amide bonds. The SMILES string of the molecule is CC(=O)N(CC(=O)Nc1cccc(Cl)c1Cl)c1c(C)cccc1C. The van der Waals surface area contributed by atoms with Crippen molar-refractivity contribution in [1.82, 2.24) is 0 Å². The van der Waals surface area contributed by atoms with Gasteiger partial charge in [0.1, 0.15) is 6.54 Å². The maximum atomic E-state index is 12.4. The van der Waals surface area contributed by atoms with Gasteiger partial charge in [0, 0.05) is 6.92 Å². The zero-order chi connectivity index (χ0) is 17.9. The summed E-state index contributed by atoms with van der Waals surface area (Å²) in [5.41, 5.74) is 3.02. The fourth-order valence-electron chi connectivity index (χ4n) is 2.51. The first kappa shape index (κ1) is 18.3. The van der Waals surface area contributed by atoms with Crippen LogP contribution in [0, 0.1) is 13.8 Å². The number of amides is 2. The molecule has 0 radical (unpaired) electrons. The van der Waals surface area contributed by atoms with Crippen LogP contribution in [-0.2, 0) is 9.59 Å². The van der Waals surface area contributed by atoms with Gasteiger partial charge in [-0.15, -0.1) is 0 Å². The van der Waals surface area contributed by atoms with Crippen LogP contribution in [0.15, 0.2) is 36.4 Å². The molecule has 6 heteroatoms. The van der Waals surface area contributed by atoms with Crippen molar-refractivity contribution in [2.45, 2.75) is 20.8 Å². The molecule has 0 bridgehead atoms. The second-order valence-corrected chi connectivity index (χ2v) is 6.28. The Morgan fingerprint density at radius 2 is 1.62 bits per heavy atom. The molecule has 0 unspecified atom stereocenters. The molecular formula is C18H18Cl2N2O2. The molecule has 0 aliphatic carbocycles. The van der Waals surface area contributed by atoms with Crippen LogP contribution in [0.4, 0.5) is 11.4 Å². The third kappa shape index (κ3) is 4.08. The zero-order valence-corrected chi connectivity index (χ0v) is 15.2. The van der Waals surface area contributed by atoms with Crippen molar-refractivity contribution in [2.75, 3.05) is 16.8 Å². The van der Waals surface area contributed by atoms with Crippen LogP contribution in [-0.4, -0.2) is 18.4 Å². The number of nitrogens with zero attached hydrogens (tertiary/aromatic N) is 1. The largest absolute Gasteiger partial charge is 0.323 e. The Labute approximate surface area is 151 Å². The van der Waals surface area contributed by atoms with E-state index in [2.05, 4.69) is 5.32 Å². The van der Waals surface area contributed by atoms with Crippen LogP contribution >= 0.6 is 23.2 Å². The van der Waals surface area contributed by atoms with Gasteiger partial charge >= 0.3 is 0 Å². The molecule has 2 aromatic rings. The lowest BCUT2D eigenvalue weighted by Crippen LogP contribution is -2.37. The highest BCUT2D eigenvalue weighted by Crippen LogP contribution is 2.30. The van der Waals surface area contributed by atoms with E-state index in [0.29, 0.717) is 10.7 Å². The summed E-state index contributed by atoms with van der Waals surface area (Å²) in [5.74, 6) is -0.559. The van der Waals surface area contributed by atoms with Crippen molar-refractivity contribution in [3.63, 3.8) is 0 Å². The Balaban J connectivity index is 2.24. The van der Waals surface area contributed by atoms with Crippen LogP contribution in [0.2, 0.25) is 10.0 Å². The molecule has 0 aromatic heterocycles. The number of halogens is 2. The van der Waals surface area contributed by atoms with Gasteiger partial charge in [-0.1, -0.05) is 47.5 Å². The average Bonchev–Trinajstić information content (AvgIpc) is 2.50. The summed E-state index contributed by atoms with van der Waals surface area (Å²) in [7, 11) is 0. The van der Waals surface area contributed by atoms with E-state index < -0.39 is 0 Å². The van der Waals surface area contributed by atoms with Gasteiger partial charge in [0.25, 0.3) is 0 Å². The van der Waals surface area contributed by atoms with Gasteiger partial charge in [0.05, 0.1) is 21.4 Å². The van der Waals surface area contributed by atoms with Gasteiger partial charge < -0.3 is 10.2 Å². The highest BCUT2D eigenvalue weighted by molar-refractivity contribution is 6.44. The number of benzene rings is 2. The second-order valence-electron chi connectivity index (χ2n) is 5.50. The summed E-state index contributed by atoms with van der Waals surface area (Å²) < 4.78 is 0. The number of hydrogen-bond acceptors (Lipinski definition) is 2. The van der Waals surface area contributed by atoms with Gasteiger partial charge in [-0.25, -0.2) is 0 Å². The van der Waals surface area contributed by atoms with Gasteiger partial charge in [-0.2, -0.15) is 0 Å². The number of carbonyl (C=O) groups excluding carboxylic acids is 2. The number of aryl methyl sites for hydroxylation is 2. The van der Waals surface area contributed by atoms with Crippen LogP contribution < -0.4 is 10.2 Å². The molecule has 0 aliphatic heterocycles. The summed E-state index contributed by atoms with van der Waals surface area (Å²) in [6.07, 6.45) is 0. The highest BCUT2D eigenvalue weighted by atomic mass is 35.5. The topological polar surface area (TPSA) is 49.4 Å². The van der Waals surface area contributed by atoms with Crippen molar-refractivity contribution in [1.29, 1.82) is 0 Å². The third-order valence-electron chi connectivity index (χ3n) is 3.62.